The third-order valence-corrected chi connectivity index (χ3v) is 3.77. The molecule has 12 heteroatoms. The Hall–Kier alpha value is -1.68. The van der Waals surface area contributed by atoms with Crippen molar-refractivity contribution >= 4 is 18.8 Å². The van der Waals surface area contributed by atoms with Crippen LogP contribution in [0.2, 0.25) is 0 Å². The van der Waals surface area contributed by atoms with Crippen molar-refractivity contribution in [1.29, 1.82) is 0 Å². The van der Waals surface area contributed by atoms with E-state index < -0.39 is 31.7 Å². The van der Waals surface area contributed by atoms with E-state index in [0.717, 1.165) is 17.7 Å². The van der Waals surface area contributed by atoms with Gasteiger partial charge in [0.1, 0.15) is 6.17 Å². The molecule has 1 saturated heterocycles. The number of H-pyrrole nitrogens is 1. The van der Waals surface area contributed by atoms with Crippen molar-refractivity contribution < 1.29 is 23.1 Å². The van der Waals surface area contributed by atoms with Crippen LogP contribution in [0.15, 0.2) is 11.1 Å². The number of alkyl halides is 1. The van der Waals surface area contributed by atoms with Gasteiger partial charge in [-0.05, 0) is 0 Å². The summed E-state index contributed by atoms with van der Waals surface area (Å²) in [6.45, 7) is 0.815. The maximum Gasteiger partial charge on any atom is 0.325 e. The van der Waals surface area contributed by atoms with Gasteiger partial charge in [-0.25, -0.2) is 9.37 Å². The summed E-state index contributed by atoms with van der Waals surface area (Å²) in [5.74, 6) is 0. The fraction of sp³-hybridized carbons (Fsp3) is 0.600. The average molecular weight is 333 g/mol. The van der Waals surface area contributed by atoms with Crippen LogP contribution in [0.25, 0.3) is 11.2 Å². The predicted molar refractivity (Wildman–Crippen MR) is 71.1 cm³/mol. The Morgan fingerprint density at radius 1 is 1.68 bits per heavy atom. The number of nitrogens with one attached hydrogen (secondary N) is 1. The maximum absolute atomic E-state index is 14.1. The minimum atomic E-state index is -3.66. The van der Waals surface area contributed by atoms with Crippen molar-refractivity contribution in [2.45, 2.75) is 24.9 Å². The van der Waals surface area contributed by atoms with Gasteiger partial charge < -0.3 is 19.1 Å². The first kappa shape index (κ1) is 15.2. The molecule has 0 aliphatic carbocycles. The monoisotopic (exact) mass is 333 g/mol. The fourth-order valence-electron chi connectivity index (χ4n) is 2.19. The first-order valence-corrected chi connectivity index (χ1v) is 8.40. The molecule has 0 amide bonds. The van der Waals surface area contributed by atoms with Gasteiger partial charge in [0, 0.05) is 13.1 Å². The summed E-state index contributed by atoms with van der Waals surface area (Å²) in [6.07, 6.45) is -2.14. The van der Waals surface area contributed by atoms with Gasteiger partial charge >= 0.3 is 7.60 Å². The van der Waals surface area contributed by atoms with Gasteiger partial charge in [0.15, 0.2) is 17.4 Å². The molecule has 0 bridgehead atoms. The van der Waals surface area contributed by atoms with Gasteiger partial charge in [0.25, 0.3) is 5.56 Å². The summed E-state index contributed by atoms with van der Waals surface area (Å²) in [5, 5.41) is 7.36. The zero-order valence-electron chi connectivity index (χ0n) is 11.4. The number of aromatic amines is 1. The summed E-state index contributed by atoms with van der Waals surface area (Å²) in [6, 6.07) is 0. The van der Waals surface area contributed by atoms with Crippen LogP contribution in [0, 0.1) is 0 Å². The van der Waals surface area contributed by atoms with E-state index in [1.807, 2.05) is 0 Å². The zero-order valence-corrected chi connectivity index (χ0v) is 12.3. The van der Waals surface area contributed by atoms with Crippen LogP contribution in [0.5, 0.6) is 0 Å². The number of hydrogen-bond acceptors (Lipinski definition) is 7. The first-order valence-electron chi connectivity index (χ1n) is 6.38. The Kier molecular flexibility index (Phi) is 3.81. The summed E-state index contributed by atoms with van der Waals surface area (Å²) < 4.78 is 36.5. The highest BCUT2D eigenvalue weighted by Crippen LogP contribution is 2.39. The highest BCUT2D eigenvalue weighted by molar-refractivity contribution is 7.51. The summed E-state index contributed by atoms with van der Waals surface area (Å²) in [4.78, 5) is 26.9. The molecular formula is C10H13FN5O5P. The van der Waals surface area contributed by atoms with Gasteiger partial charge in [-0.1, -0.05) is 5.21 Å². The number of nitrogens with zero attached hydrogens (tertiary/aromatic N) is 4. The van der Waals surface area contributed by atoms with Crippen LogP contribution in [-0.2, 0) is 13.8 Å². The molecule has 120 valence electrons. The lowest BCUT2D eigenvalue weighted by molar-refractivity contribution is -0.0394. The summed E-state index contributed by atoms with van der Waals surface area (Å²) >= 11 is 0. The van der Waals surface area contributed by atoms with Gasteiger partial charge in [-0.3, -0.25) is 9.36 Å². The molecule has 0 radical (unpaired) electrons. The van der Waals surface area contributed by atoms with E-state index in [1.165, 1.54) is 0 Å². The van der Waals surface area contributed by atoms with E-state index in [9.17, 15) is 13.8 Å². The van der Waals surface area contributed by atoms with Crippen LogP contribution < -0.4 is 5.56 Å². The summed E-state index contributed by atoms with van der Waals surface area (Å²) in [5.41, 5.74) is -0.413. The van der Waals surface area contributed by atoms with Crippen LogP contribution in [0.1, 0.15) is 12.6 Å². The van der Waals surface area contributed by atoms with Gasteiger partial charge in [-0.2, -0.15) is 4.68 Å². The topological polar surface area (TPSA) is 132 Å². The second kappa shape index (κ2) is 5.51. The first-order chi connectivity index (χ1) is 10.3. The van der Waals surface area contributed by atoms with Crippen molar-refractivity contribution in [3.8, 4) is 0 Å². The average Bonchev–Trinajstić information content (AvgIpc) is 3.00. The molecule has 2 aromatic heterocycles. The quantitative estimate of drug-likeness (QED) is 0.746. The molecule has 0 saturated carbocycles. The lowest BCUT2D eigenvalue weighted by Gasteiger charge is -2.15. The van der Waals surface area contributed by atoms with Gasteiger partial charge in [0.05, 0.1) is 19.0 Å². The van der Waals surface area contributed by atoms with E-state index in [2.05, 4.69) is 20.3 Å². The second-order valence-corrected chi connectivity index (χ2v) is 6.80. The van der Waals surface area contributed by atoms with E-state index in [1.54, 1.807) is 0 Å². The molecule has 22 heavy (non-hydrogen) atoms. The standard InChI is InChI=1S/C10H13FN5O5P/c1-22(18,19)20-3-5-2-6(11)10(21-5)16-8-7(14-15-16)9(17)13-4-12-8/h4-6,10H,2-3H2,1H3,(H,18,19)(H,12,13,17)/t5-,6-,10+/m0/s1. The van der Waals surface area contributed by atoms with Crippen LogP contribution >= 0.6 is 7.60 Å². The van der Waals surface area contributed by atoms with E-state index >= 15 is 0 Å². The lowest BCUT2D eigenvalue weighted by Crippen LogP contribution is -2.19. The third-order valence-electron chi connectivity index (χ3n) is 3.14. The van der Waals surface area contributed by atoms with Crippen molar-refractivity contribution in [3.63, 3.8) is 0 Å². The molecule has 1 aliphatic heterocycles. The number of hydrogen-bond donors (Lipinski definition) is 2. The van der Waals surface area contributed by atoms with Crippen LogP contribution in [0.3, 0.4) is 0 Å². The van der Waals surface area contributed by atoms with Crippen molar-refractivity contribution in [3.05, 3.63) is 16.7 Å². The predicted octanol–water partition coefficient (Wildman–Crippen LogP) is -0.0280. The van der Waals surface area contributed by atoms with Crippen molar-refractivity contribution in [2.75, 3.05) is 13.3 Å². The Labute approximate surface area is 122 Å². The highest BCUT2D eigenvalue weighted by atomic mass is 31.2. The largest absolute Gasteiger partial charge is 0.347 e. The Balaban J connectivity index is 1.81. The minimum Gasteiger partial charge on any atom is -0.347 e. The normalized spacial score (nSPS) is 28.0. The molecule has 0 aromatic carbocycles. The zero-order chi connectivity index (χ0) is 15.9. The number of halogens is 1. The Morgan fingerprint density at radius 2 is 2.45 bits per heavy atom. The number of aromatic nitrogens is 5. The molecule has 2 aromatic rings. The SMILES string of the molecule is CP(=O)(O)OC[C@@H]1C[C@H](F)[C@H](n2nnc3c(=O)[nH]cnc32)O1. The van der Waals surface area contributed by atoms with Crippen molar-refractivity contribution in [2.24, 2.45) is 0 Å². The van der Waals surface area contributed by atoms with Crippen molar-refractivity contribution in [1.82, 2.24) is 25.0 Å². The molecule has 1 fully saturated rings. The van der Waals surface area contributed by atoms with E-state index in [0.29, 0.717) is 0 Å². The van der Waals surface area contributed by atoms with Crippen LogP contribution in [-0.4, -0.2) is 55.4 Å². The Morgan fingerprint density at radius 3 is 3.18 bits per heavy atom. The minimum absolute atomic E-state index is 0.0218. The Bertz CT molecular complexity index is 787. The molecule has 1 aliphatic rings. The molecule has 3 heterocycles. The van der Waals surface area contributed by atoms with Gasteiger partial charge in [0.2, 0.25) is 0 Å². The number of rotatable bonds is 4. The summed E-state index contributed by atoms with van der Waals surface area (Å²) in [7, 11) is -3.66. The second-order valence-electron chi connectivity index (χ2n) is 4.94. The fourth-order valence-corrected chi connectivity index (χ4v) is 2.64. The third kappa shape index (κ3) is 2.93. The van der Waals surface area contributed by atoms with E-state index in [4.69, 9.17) is 14.2 Å². The molecule has 10 nitrogen and oxygen atoms in total. The molecular weight excluding hydrogens is 320 g/mol. The smallest absolute Gasteiger partial charge is 0.325 e. The highest BCUT2D eigenvalue weighted by Gasteiger charge is 2.39. The molecule has 1 unspecified atom stereocenters. The molecule has 0 spiro atoms. The number of fused-ring (bicyclic) bond motifs is 1. The lowest BCUT2D eigenvalue weighted by atomic mass is 10.2. The molecule has 3 rings (SSSR count). The van der Waals surface area contributed by atoms with Gasteiger partial charge in [-0.15, -0.1) is 5.10 Å². The number of ether oxygens (including phenoxy) is 1. The molecule has 2 N–H and O–H groups in total. The van der Waals surface area contributed by atoms with E-state index in [-0.39, 0.29) is 24.2 Å². The maximum atomic E-state index is 14.1. The molecule has 4 atom stereocenters. The van der Waals surface area contributed by atoms with Crippen LogP contribution in [0.4, 0.5) is 4.39 Å².